The van der Waals surface area contributed by atoms with Gasteiger partial charge in [-0.15, -0.1) is 0 Å². The molecule has 23 heavy (non-hydrogen) atoms. The zero-order valence-corrected chi connectivity index (χ0v) is 14.1. The van der Waals surface area contributed by atoms with Crippen LogP contribution in [0.15, 0.2) is 30.3 Å². The summed E-state index contributed by atoms with van der Waals surface area (Å²) in [6.07, 6.45) is 0.513. The number of carbonyl (C=O) groups excluding carboxylic acids is 2. The van der Waals surface area contributed by atoms with Crippen LogP contribution in [0.3, 0.4) is 0 Å². The smallest absolute Gasteiger partial charge is 0.246 e. The van der Waals surface area contributed by atoms with Gasteiger partial charge in [0, 0.05) is 50.7 Å². The highest BCUT2D eigenvalue weighted by molar-refractivity contribution is 7.99. The van der Waals surface area contributed by atoms with Gasteiger partial charge in [-0.1, -0.05) is 30.3 Å². The van der Waals surface area contributed by atoms with Gasteiger partial charge in [-0.2, -0.15) is 11.8 Å². The van der Waals surface area contributed by atoms with Crippen molar-refractivity contribution in [1.82, 2.24) is 15.1 Å². The van der Waals surface area contributed by atoms with Gasteiger partial charge in [0.05, 0.1) is 0 Å². The minimum Gasteiger partial charge on any atom is -0.343 e. The molecule has 2 heterocycles. The molecular formula is C17H23N3O2S. The maximum Gasteiger partial charge on any atom is 0.246 e. The summed E-state index contributed by atoms with van der Waals surface area (Å²) < 4.78 is 0. The molecule has 2 saturated heterocycles. The largest absolute Gasteiger partial charge is 0.343 e. The summed E-state index contributed by atoms with van der Waals surface area (Å²) in [6.45, 7) is 4.17. The van der Waals surface area contributed by atoms with E-state index >= 15 is 0 Å². The lowest BCUT2D eigenvalue weighted by molar-refractivity contribution is -0.137. The molecule has 2 aliphatic heterocycles. The summed E-state index contributed by atoms with van der Waals surface area (Å²) in [5, 5.41) is 2.86. The summed E-state index contributed by atoms with van der Waals surface area (Å²) >= 11 is 1.68. The third-order valence-corrected chi connectivity index (χ3v) is 5.39. The standard InChI is InChI=1S/C17H23N3O2S/c21-16-6-11-23-13-15(18-16)17(22)20-9-7-19(8-10-20)12-14-4-2-1-3-5-14/h1-5,15H,6-13H2,(H,18,21)/t15-/m1/s1. The van der Waals surface area contributed by atoms with Gasteiger partial charge in [0.15, 0.2) is 0 Å². The van der Waals surface area contributed by atoms with E-state index in [0.29, 0.717) is 12.2 Å². The first kappa shape index (κ1) is 16.3. The maximum absolute atomic E-state index is 12.6. The normalized spacial score (nSPS) is 23.2. The van der Waals surface area contributed by atoms with Crippen LogP contribution in [-0.2, 0) is 16.1 Å². The van der Waals surface area contributed by atoms with Crippen molar-refractivity contribution in [2.45, 2.75) is 19.0 Å². The molecule has 0 bridgehead atoms. The number of amides is 2. The fourth-order valence-electron chi connectivity index (χ4n) is 3.00. The van der Waals surface area contributed by atoms with Gasteiger partial charge in [-0.3, -0.25) is 14.5 Å². The molecule has 0 unspecified atom stereocenters. The van der Waals surface area contributed by atoms with Crippen LogP contribution in [0.25, 0.3) is 0 Å². The van der Waals surface area contributed by atoms with Crippen molar-refractivity contribution in [1.29, 1.82) is 0 Å². The second kappa shape index (κ2) is 7.84. The van der Waals surface area contributed by atoms with E-state index in [1.807, 2.05) is 11.0 Å². The number of nitrogens with zero attached hydrogens (tertiary/aromatic N) is 2. The Bertz CT molecular complexity index is 544. The fraction of sp³-hybridized carbons (Fsp3) is 0.529. The Hall–Kier alpha value is -1.53. The van der Waals surface area contributed by atoms with E-state index < -0.39 is 0 Å². The topological polar surface area (TPSA) is 52.7 Å². The number of rotatable bonds is 3. The molecule has 0 spiro atoms. The number of piperazine rings is 1. The summed E-state index contributed by atoms with van der Waals surface area (Å²) in [7, 11) is 0. The van der Waals surface area contributed by atoms with Crippen LogP contribution in [0.2, 0.25) is 0 Å². The Morgan fingerprint density at radius 2 is 1.91 bits per heavy atom. The minimum absolute atomic E-state index is 0.00364. The third kappa shape index (κ3) is 4.48. The monoisotopic (exact) mass is 333 g/mol. The van der Waals surface area contributed by atoms with E-state index in [1.54, 1.807) is 11.8 Å². The van der Waals surface area contributed by atoms with Crippen molar-refractivity contribution in [3.05, 3.63) is 35.9 Å². The first-order chi connectivity index (χ1) is 11.2. The van der Waals surface area contributed by atoms with E-state index in [2.05, 4.69) is 34.5 Å². The predicted molar refractivity (Wildman–Crippen MR) is 92.2 cm³/mol. The summed E-state index contributed by atoms with van der Waals surface area (Å²) in [5.74, 6) is 1.57. The molecule has 0 radical (unpaired) electrons. The molecule has 0 saturated carbocycles. The molecule has 1 aromatic carbocycles. The Morgan fingerprint density at radius 1 is 1.17 bits per heavy atom. The molecule has 1 aromatic rings. The Balaban J connectivity index is 1.50. The molecule has 3 rings (SSSR count). The van der Waals surface area contributed by atoms with E-state index in [-0.39, 0.29) is 17.9 Å². The SMILES string of the molecule is O=C1CCSC[C@H](C(=O)N2CCN(Cc3ccccc3)CC2)N1. The first-order valence-electron chi connectivity index (χ1n) is 8.14. The third-order valence-electron chi connectivity index (χ3n) is 4.32. The van der Waals surface area contributed by atoms with Crippen LogP contribution in [-0.4, -0.2) is 65.3 Å². The fourth-order valence-corrected chi connectivity index (χ4v) is 3.95. The Labute approximate surface area is 141 Å². The quantitative estimate of drug-likeness (QED) is 0.895. The van der Waals surface area contributed by atoms with Crippen molar-refractivity contribution in [2.75, 3.05) is 37.7 Å². The van der Waals surface area contributed by atoms with Crippen molar-refractivity contribution in [3.63, 3.8) is 0 Å². The summed E-state index contributed by atoms with van der Waals surface area (Å²) in [4.78, 5) is 28.5. The molecule has 1 N–H and O–H groups in total. The van der Waals surface area contributed by atoms with Crippen LogP contribution in [0.1, 0.15) is 12.0 Å². The Kier molecular flexibility index (Phi) is 5.56. The van der Waals surface area contributed by atoms with Crippen LogP contribution in [0.4, 0.5) is 0 Å². The molecule has 0 aromatic heterocycles. The zero-order chi connectivity index (χ0) is 16.1. The van der Waals surface area contributed by atoms with Gasteiger partial charge in [-0.25, -0.2) is 0 Å². The molecule has 6 heteroatoms. The second-order valence-corrected chi connectivity index (χ2v) is 7.18. The molecule has 5 nitrogen and oxygen atoms in total. The number of hydrogen-bond donors (Lipinski definition) is 1. The molecule has 2 amide bonds. The van der Waals surface area contributed by atoms with E-state index in [9.17, 15) is 9.59 Å². The van der Waals surface area contributed by atoms with Crippen LogP contribution in [0, 0.1) is 0 Å². The number of thioether (sulfide) groups is 1. The average molecular weight is 333 g/mol. The van der Waals surface area contributed by atoms with Crippen LogP contribution in [0.5, 0.6) is 0 Å². The van der Waals surface area contributed by atoms with Crippen LogP contribution >= 0.6 is 11.8 Å². The van der Waals surface area contributed by atoms with E-state index in [4.69, 9.17) is 0 Å². The summed E-state index contributed by atoms with van der Waals surface area (Å²) in [6, 6.07) is 10.1. The van der Waals surface area contributed by atoms with Gasteiger partial charge >= 0.3 is 0 Å². The Morgan fingerprint density at radius 3 is 2.65 bits per heavy atom. The van der Waals surface area contributed by atoms with Crippen molar-refractivity contribution in [2.24, 2.45) is 0 Å². The van der Waals surface area contributed by atoms with Crippen molar-refractivity contribution < 1.29 is 9.59 Å². The lowest BCUT2D eigenvalue weighted by Gasteiger charge is -2.36. The van der Waals surface area contributed by atoms with Gasteiger partial charge in [0.25, 0.3) is 0 Å². The van der Waals surface area contributed by atoms with Gasteiger partial charge in [0.1, 0.15) is 6.04 Å². The highest BCUT2D eigenvalue weighted by atomic mass is 32.2. The van der Waals surface area contributed by atoms with Crippen molar-refractivity contribution in [3.8, 4) is 0 Å². The van der Waals surface area contributed by atoms with E-state index in [1.165, 1.54) is 5.56 Å². The highest BCUT2D eigenvalue weighted by Gasteiger charge is 2.29. The lowest BCUT2D eigenvalue weighted by atomic mass is 10.2. The number of carbonyl (C=O) groups is 2. The molecule has 1 atom stereocenters. The number of nitrogens with one attached hydrogen (secondary N) is 1. The van der Waals surface area contributed by atoms with Crippen molar-refractivity contribution >= 4 is 23.6 Å². The van der Waals surface area contributed by atoms with Gasteiger partial charge in [0.2, 0.25) is 11.8 Å². The molecular weight excluding hydrogens is 310 g/mol. The average Bonchev–Trinajstić information content (AvgIpc) is 2.80. The van der Waals surface area contributed by atoms with Crippen LogP contribution < -0.4 is 5.32 Å². The lowest BCUT2D eigenvalue weighted by Crippen LogP contribution is -2.55. The number of benzene rings is 1. The van der Waals surface area contributed by atoms with Gasteiger partial charge < -0.3 is 10.2 Å². The first-order valence-corrected chi connectivity index (χ1v) is 9.30. The molecule has 2 aliphatic rings. The highest BCUT2D eigenvalue weighted by Crippen LogP contribution is 2.14. The van der Waals surface area contributed by atoms with Gasteiger partial charge in [-0.05, 0) is 5.56 Å². The van der Waals surface area contributed by atoms with E-state index in [0.717, 1.165) is 38.5 Å². The second-order valence-electron chi connectivity index (χ2n) is 6.03. The minimum atomic E-state index is -0.351. The number of hydrogen-bond acceptors (Lipinski definition) is 4. The molecule has 0 aliphatic carbocycles. The molecule has 2 fully saturated rings. The maximum atomic E-state index is 12.6. The zero-order valence-electron chi connectivity index (χ0n) is 13.2. The summed E-state index contributed by atoms with van der Waals surface area (Å²) in [5.41, 5.74) is 1.31. The molecule has 124 valence electrons. The predicted octanol–water partition coefficient (Wildman–Crippen LogP) is 0.952.